The molecule has 1 spiro atoms. The number of carbonyl (C=O) groups excluding carboxylic acids is 3. The first kappa shape index (κ1) is 19.0. The van der Waals surface area contributed by atoms with E-state index in [-0.39, 0.29) is 23.8 Å². The number of amides is 3. The molecule has 4 heterocycles. The van der Waals surface area contributed by atoms with Gasteiger partial charge in [-0.25, -0.2) is 4.90 Å². The van der Waals surface area contributed by atoms with Crippen molar-refractivity contribution in [2.75, 3.05) is 16.8 Å². The van der Waals surface area contributed by atoms with Crippen LogP contribution in [0.3, 0.4) is 0 Å². The first-order valence-corrected chi connectivity index (χ1v) is 11.1. The molecule has 0 aliphatic carbocycles. The summed E-state index contributed by atoms with van der Waals surface area (Å²) >= 11 is 6.21. The van der Waals surface area contributed by atoms with Crippen molar-refractivity contribution in [3.05, 3.63) is 58.1 Å². The van der Waals surface area contributed by atoms with Crippen LogP contribution in [0, 0.1) is 25.7 Å². The fourth-order valence-electron chi connectivity index (χ4n) is 6.38. The van der Waals surface area contributed by atoms with Gasteiger partial charge in [0.1, 0.15) is 5.54 Å². The normalized spacial score (nSPS) is 31.4. The predicted molar refractivity (Wildman–Crippen MR) is 117 cm³/mol. The Kier molecular flexibility index (Phi) is 3.79. The molecule has 0 aromatic heterocycles. The Morgan fingerprint density at radius 3 is 2.68 bits per heavy atom. The summed E-state index contributed by atoms with van der Waals surface area (Å²) in [5, 5.41) is 3.48. The molecule has 0 bridgehead atoms. The molecule has 4 atom stereocenters. The number of nitrogens with zero attached hydrogens (tertiary/aromatic N) is 2. The molecule has 0 unspecified atom stereocenters. The highest BCUT2D eigenvalue weighted by atomic mass is 35.5. The van der Waals surface area contributed by atoms with Gasteiger partial charge in [-0.3, -0.25) is 19.3 Å². The third-order valence-electron chi connectivity index (χ3n) is 7.56. The van der Waals surface area contributed by atoms with Gasteiger partial charge in [0.15, 0.2) is 0 Å². The molecule has 1 N–H and O–H groups in total. The first-order chi connectivity index (χ1) is 14.9. The second-order valence-electron chi connectivity index (χ2n) is 9.12. The lowest BCUT2D eigenvalue weighted by molar-refractivity contribution is -0.135. The van der Waals surface area contributed by atoms with E-state index >= 15 is 0 Å². The third-order valence-corrected chi connectivity index (χ3v) is 7.80. The van der Waals surface area contributed by atoms with Gasteiger partial charge in [-0.2, -0.15) is 0 Å². The Labute approximate surface area is 185 Å². The Balaban J connectivity index is 1.58. The average Bonchev–Trinajstić information content (AvgIpc) is 3.43. The lowest BCUT2D eigenvalue weighted by Crippen LogP contribution is -2.54. The van der Waals surface area contributed by atoms with Crippen molar-refractivity contribution < 1.29 is 14.4 Å². The molecule has 6 nitrogen and oxygen atoms in total. The zero-order valence-electron chi connectivity index (χ0n) is 17.3. The monoisotopic (exact) mass is 435 g/mol. The molecule has 3 saturated heterocycles. The van der Waals surface area contributed by atoms with Crippen molar-refractivity contribution in [3.63, 3.8) is 0 Å². The number of halogens is 1. The van der Waals surface area contributed by atoms with Crippen molar-refractivity contribution in [1.29, 1.82) is 0 Å². The minimum absolute atomic E-state index is 0.122. The predicted octanol–water partition coefficient (Wildman–Crippen LogP) is 3.39. The topological polar surface area (TPSA) is 69.7 Å². The fourth-order valence-corrected chi connectivity index (χ4v) is 6.54. The number of fused-ring (bicyclic) bond motifs is 7. The molecule has 2 aromatic rings. The van der Waals surface area contributed by atoms with Gasteiger partial charge in [-0.05, 0) is 57.0 Å². The van der Waals surface area contributed by atoms with Crippen LogP contribution >= 0.6 is 11.6 Å². The molecule has 158 valence electrons. The van der Waals surface area contributed by atoms with Gasteiger partial charge in [0.05, 0.1) is 17.5 Å². The lowest BCUT2D eigenvalue weighted by Gasteiger charge is -2.37. The number of hydrogen-bond acceptors (Lipinski definition) is 4. The van der Waals surface area contributed by atoms with Crippen LogP contribution in [0.25, 0.3) is 0 Å². The van der Waals surface area contributed by atoms with E-state index in [1.54, 1.807) is 12.1 Å². The maximum atomic E-state index is 13.9. The minimum atomic E-state index is -1.14. The number of hydrogen-bond donors (Lipinski definition) is 1. The number of rotatable bonds is 1. The summed E-state index contributed by atoms with van der Waals surface area (Å²) in [6.07, 6.45) is 1.71. The van der Waals surface area contributed by atoms with Gasteiger partial charge in [0.25, 0.3) is 0 Å². The highest BCUT2D eigenvalue weighted by molar-refractivity contribution is 6.32. The van der Waals surface area contributed by atoms with E-state index in [2.05, 4.69) is 10.2 Å². The molecule has 6 rings (SSSR count). The van der Waals surface area contributed by atoms with Crippen LogP contribution in [0.4, 0.5) is 11.4 Å². The number of aryl methyl sites for hydroxylation is 2. The summed E-state index contributed by atoms with van der Waals surface area (Å²) in [4.78, 5) is 44.7. The maximum Gasteiger partial charge on any atom is 0.250 e. The third kappa shape index (κ3) is 2.19. The smallest absolute Gasteiger partial charge is 0.250 e. The van der Waals surface area contributed by atoms with Gasteiger partial charge in [0.2, 0.25) is 17.7 Å². The molecular formula is C24H22ClN3O3. The Bertz CT molecular complexity index is 1190. The number of benzene rings is 2. The highest BCUT2D eigenvalue weighted by Gasteiger charge is 2.74. The van der Waals surface area contributed by atoms with Gasteiger partial charge < -0.3 is 5.32 Å². The Morgan fingerprint density at radius 1 is 1.06 bits per heavy atom. The van der Waals surface area contributed by atoms with E-state index in [1.807, 2.05) is 38.1 Å². The number of carbonyl (C=O) groups is 3. The average molecular weight is 436 g/mol. The number of imide groups is 1. The second-order valence-corrected chi connectivity index (χ2v) is 9.56. The summed E-state index contributed by atoms with van der Waals surface area (Å²) in [5.41, 5.74) is 2.76. The van der Waals surface area contributed by atoms with E-state index in [4.69, 9.17) is 11.6 Å². The number of anilines is 2. The van der Waals surface area contributed by atoms with E-state index in [0.717, 1.165) is 35.2 Å². The molecule has 2 aromatic carbocycles. The van der Waals surface area contributed by atoms with Gasteiger partial charge in [0, 0.05) is 22.3 Å². The second kappa shape index (κ2) is 6.17. The molecule has 3 fully saturated rings. The minimum Gasteiger partial charge on any atom is -0.324 e. The SMILES string of the molecule is Cc1ccc2c(c1)[C@@]1(C(=O)N2)[C@@H]2C(=O)N(c3cc(Cl)ccc3C)C(=O)[C@@H]2[C@H]2CCCN21. The van der Waals surface area contributed by atoms with Crippen LogP contribution in [0.2, 0.25) is 5.02 Å². The Morgan fingerprint density at radius 2 is 1.87 bits per heavy atom. The molecule has 3 amide bonds. The molecular weight excluding hydrogens is 414 g/mol. The molecule has 4 aliphatic rings. The summed E-state index contributed by atoms with van der Waals surface area (Å²) in [6, 6.07) is 10.9. The molecule has 7 heteroatoms. The zero-order chi connectivity index (χ0) is 21.7. The largest absolute Gasteiger partial charge is 0.324 e. The van der Waals surface area contributed by atoms with Crippen LogP contribution in [0.15, 0.2) is 36.4 Å². The van der Waals surface area contributed by atoms with Crippen LogP contribution in [-0.4, -0.2) is 35.2 Å². The quantitative estimate of drug-likeness (QED) is 0.697. The highest BCUT2D eigenvalue weighted by Crippen LogP contribution is 2.60. The van der Waals surface area contributed by atoms with E-state index in [9.17, 15) is 14.4 Å². The van der Waals surface area contributed by atoms with Crippen LogP contribution in [0.5, 0.6) is 0 Å². The summed E-state index contributed by atoms with van der Waals surface area (Å²) in [7, 11) is 0. The van der Waals surface area contributed by atoms with Crippen molar-refractivity contribution in [2.24, 2.45) is 11.8 Å². The molecule has 31 heavy (non-hydrogen) atoms. The summed E-state index contributed by atoms with van der Waals surface area (Å²) < 4.78 is 0. The fraction of sp³-hybridized carbons (Fsp3) is 0.375. The zero-order valence-corrected chi connectivity index (χ0v) is 18.1. The van der Waals surface area contributed by atoms with Crippen molar-refractivity contribution in [2.45, 2.75) is 38.3 Å². The number of nitrogens with one attached hydrogen (secondary N) is 1. The van der Waals surface area contributed by atoms with Gasteiger partial charge in [-0.1, -0.05) is 35.4 Å². The maximum absolute atomic E-state index is 13.9. The molecule has 4 aliphatic heterocycles. The first-order valence-electron chi connectivity index (χ1n) is 10.7. The van der Waals surface area contributed by atoms with Crippen LogP contribution in [-0.2, 0) is 19.9 Å². The molecule has 0 saturated carbocycles. The molecule has 0 radical (unpaired) electrons. The van der Waals surface area contributed by atoms with Crippen molar-refractivity contribution >= 4 is 40.7 Å². The Hall–Kier alpha value is -2.70. The van der Waals surface area contributed by atoms with Crippen LogP contribution in [0.1, 0.15) is 29.5 Å². The van der Waals surface area contributed by atoms with Gasteiger partial charge in [-0.15, -0.1) is 0 Å². The van der Waals surface area contributed by atoms with Crippen molar-refractivity contribution in [3.8, 4) is 0 Å². The van der Waals surface area contributed by atoms with Crippen molar-refractivity contribution in [1.82, 2.24) is 4.90 Å². The van der Waals surface area contributed by atoms with E-state index in [1.165, 1.54) is 4.90 Å². The van der Waals surface area contributed by atoms with Gasteiger partial charge >= 0.3 is 0 Å². The summed E-state index contributed by atoms with van der Waals surface area (Å²) in [5.74, 6) is -2.00. The van der Waals surface area contributed by atoms with Crippen LogP contribution < -0.4 is 10.2 Å². The summed E-state index contributed by atoms with van der Waals surface area (Å²) in [6.45, 7) is 4.54. The lowest BCUT2D eigenvalue weighted by atomic mass is 9.75. The van der Waals surface area contributed by atoms with E-state index in [0.29, 0.717) is 17.3 Å². The standard InChI is InChI=1S/C24H22ClN3O3/c1-12-5-8-16-15(10-12)24(23(31)26-16)20-19(17-4-3-9-27(17)24)21(29)28(22(20)30)18-11-14(25)7-6-13(18)2/h5-8,10-11,17,19-20H,3-4,9H2,1-2H3,(H,26,31)/t17-,19-,20+,24+/m1/s1. The van der Waals surface area contributed by atoms with E-state index < -0.39 is 17.4 Å².